The molecule has 7 heteroatoms. The van der Waals surface area contributed by atoms with Crippen LogP contribution in [0.1, 0.15) is 13.3 Å². The molecule has 0 amide bonds. The summed E-state index contributed by atoms with van der Waals surface area (Å²) in [5, 5.41) is 4.15. The Morgan fingerprint density at radius 2 is 2.29 bits per heavy atom. The average molecular weight is 234 g/mol. The summed E-state index contributed by atoms with van der Waals surface area (Å²) in [5.41, 5.74) is 2.40. The summed E-state index contributed by atoms with van der Waals surface area (Å²) < 4.78 is 7.31. The van der Waals surface area contributed by atoms with Gasteiger partial charge in [0.15, 0.2) is 11.6 Å². The van der Waals surface area contributed by atoms with Crippen molar-refractivity contribution < 1.29 is 4.74 Å². The molecule has 2 aromatic heterocycles. The predicted molar refractivity (Wildman–Crippen MR) is 62.4 cm³/mol. The monoisotopic (exact) mass is 234 g/mol. The molecule has 0 saturated carbocycles. The third-order valence-corrected chi connectivity index (χ3v) is 2.05. The summed E-state index contributed by atoms with van der Waals surface area (Å²) in [7, 11) is 0. The minimum Gasteiger partial charge on any atom is -0.434 e. The Morgan fingerprint density at radius 3 is 3.06 bits per heavy atom. The lowest BCUT2D eigenvalue weighted by molar-refractivity contribution is 0.459. The van der Waals surface area contributed by atoms with Gasteiger partial charge >= 0.3 is 0 Å². The highest BCUT2D eigenvalue weighted by molar-refractivity contribution is 5.32. The van der Waals surface area contributed by atoms with Crippen molar-refractivity contribution in [1.29, 1.82) is 0 Å². The lowest BCUT2D eigenvalue weighted by atomic mass is 10.5. The Morgan fingerprint density at radius 1 is 1.41 bits per heavy atom. The number of nitrogens with two attached hydrogens (primary N) is 1. The molecule has 0 bridgehead atoms. The van der Waals surface area contributed by atoms with Gasteiger partial charge in [0.05, 0.1) is 24.8 Å². The quantitative estimate of drug-likeness (QED) is 0.596. The topological polar surface area (TPSA) is 90.9 Å². The minimum absolute atomic E-state index is 0.372. The molecule has 0 radical (unpaired) electrons. The summed E-state index contributed by atoms with van der Waals surface area (Å²) >= 11 is 0. The van der Waals surface area contributed by atoms with Crippen LogP contribution in [-0.2, 0) is 6.54 Å². The van der Waals surface area contributed by atoms with Crippen molar-refractivity contribution in [3.63, 3.8) is 0 Å². The van der Waals surface area contributed by atoms with Gasteiger partial charge in [-0.05, 0) is 6.42 Å². The normalized spacial score (nSPS) is 10.2. The van der Waals surface area contributed by atoms with E-state index in [1.807, 2.05) is 10.9 Å². The maximum atomic E-state index is 5.50. The van der Waals surface area contributed by atoms with E-state index in [2.05, 4.69) is 27.4 Å². The zero-order valence-corrected chi connectivity index (χ0v) is 9.50. The Kier molecular flexibility index (Phi) is 3.51. The lowest BCUT2D eigenvalue weighted by Crippen LogP contribution is -2.08. The van der Waals surface area contributed by atoms with E-state index in [-0.39, 0.29) is 0 Å². The predicted octanol–water partition coefficient (Wildman–Crippen LogP) is 1.16. The van der Waals surface area contributed by atoms with E-state index < -0.39 is 0 Å². The molecule has 2 rings (SSSR count). The fourth-order valence-corrected chi connectivity index (χ4v) is 1.34. The van der Waals surface area contributed by atoms with Gasteiger partial charge in [-0.1, -0.05) is 6.92 Å². The number of aromatic nitrogens is 4. The molecule has 0 aliphatic carbocycles. The van der Waals surface area contributed by atoms with Gasteiger partial charge in [-0.2, -0.15) is 10.1 Å². The van der Waals surface area contributed by atoms with Gasteiger partial charge in [-0.15, -0.1) is 0 Å². The van der Waals surface area contributed by atoms with Gasteiger partial charge in [0.25, 0.3) is 0 Å². The number of nitrogens with one attached hydrogen (secondary N) is 1. The second-order valence-electron chi connectivity index (χ2n) is 3.43. The second-order valence-corrected chi connectivity index (χ2v) is 3.43. The highest BCUT2D eigenvalue weighted by atomic mass is 16.5. The summed E-state index contributed by atoms with van der Waals surface area (Å²) in [4.78, 5) is 8.02. The first-order chi connectivity index (χ1) is 8.31. The number of anilines is 1. The van der Waals surface area contributed by atoms with Gasteiger partial charge in [-0.3, -0.25) is 9.67 Å². The third kappa shape index (κ3) is 2.91. The molecule has 0 aliphatic rings. The van der Waals surface area contributed by atoms with Crippen LogP contribution in [0.3, 0.4) is 0 Å². The summed E-state index contributed by atoms with van der Waals surface area (Å²) in [6, 6.07) is 0. The number of hydrogen-bond donors (Lipinski definition) is 2. The van der Waals surface area contributed by atoms with Crippen molar-refractivity contribution >= 4 is 5.82 Å². The number of hydrogen-bond acceptors (Lipinski definition) is 6. The highest BCUT2D eigenvalue weighted by Crippen LogP contribution is 2.18. The van der Waals surface area contributed by atoms with Gasteiger partial charge in [-0.25, -0.2) is 5.84 Å². The third-order valence-electron chi connectivity index (χ3n) is 2.05. The van der Waals surface area contributed by atoms with Crippen LogP contribution in [0, 0.1) is 0 Å². The van der Waals surface area contributed by atoms with E-state index in [0.29, 0.717) is 17.4 Å². The first kappa shape index (κ1) is 11.3. The van der Waals surface area contributed by atoms with Crippen LogP contribution in [0.5, 0.6) is 11.6 Å². The van der Waals surface area contributed by atoms with Crippen molar-refractivity contribution in [2.45, 2.75) is 19.9 Å². The molecule has 0 fully saturated rings. The van der Waals surface area contributed by atoms with Crippen LogP contribution < -0.4 is 16.0 Å². The fraction of sp³-hybridized carbons (Fsp3) is 0.300. The lowest BCUT2D eigenvalue weighted by Gasteiger charge is -2.02. The smallest absolute Gasteiger partial charge is 0.240 e. The number of hydrazine groups is 1. The van der Waals surface area contributed by atoms with Crippen molar-refractivity contribution in [3.05, 3.63) is 24.8 Å². The molecule has 90 valence electrons. The minimum atomic E-state index is 0.372. The molecule has 0 spiro atoms. The van der Waals surface area contributed by atoms with Gasteiger partial charge in [0, 0.05) is 6.54 Å². The average Bonchev–Trinajstić information content (AvgIpc) is 2.77. The summed E-state index contributed by atoms with van der Waals surface area (Å²) in [5.74, 6) is 6.68. The summed E-state index contributed by atoms with van der Waals surface area (Å²) in [6.07, 6.45) is 7.49. The number of nitrogen functional groups attached to an aromatic ring is 1. The molecule has 0 saturated heterocycles. The molecule has 0 atom stereocenters. The largest absolute Gasteiger partial charge is 0.434 e. The first-order valence-corrected chi connectivity index (χ1v) is 5.30. The number of aryl methyl sites for hydroxylation is 1. The molecule has 7 nitrogen and oxygen atoms in total. The Hall–Kier alpha value is -2.15. The SMILES string of the molecule is CCCn1cc(Oc2cncc(NN)n2)cn1. The number of rotatable bonds is 5. The van der Waals surface area contributed by atoms with Crippen LogP contribution in [0.2, 0.25) is 0 Å². The van der Waals surface area contributed by atoms with Gasteiger partial charge in [0.1, 0.15) is 0 Å². The van der Waals surface area contributed by atoms with Crippen LogP contribution in [0.25, 0.3) is 0 Å². The van der Waals surface area contributed by atoms with E-state index >= 15 is 0 Å². The first-order valence-electron chi connectivity index (χ1n) is 5.30. The molecule has 0 aliphatic heterocycles. The van der Waals surface area contributed by atoms with E-state index in [1.54, 1.807) is 6.20 Å². The van der Waals surface area contributed by atoms with E-state index in [9.17, 15) is 0 Å². The molecule has 2 aromatic rings. The van der Waals surface area contributed by atoms with Crippen molar-refractivity contribution in [1.82, 2.24) is 19.7 Å². The van der Waals surface area contributed by atoms with Gasteiger partial charge < -0.3 is 10.2 Å². The van der Waals surface area contributed by atoms with Crippen LogP contribution in [0.4, 0.5) is 5.82 Å². The van der Waals surface area contributed by atoms with E-state index in [4.69, 9.17) is 10.6 Å². The van der Waals surface area contributed by atoms with E-state index in [1.165, 1.54) is 12.4 Å². The number of nitrogens with zero attached hydrogens (tertiary/aromatic N) is 4. The van der Waals surface area contributed by atoms with Crippen LogP contribution in [-0.4, -0.2) is 19.7 Å². The zero-order valence-electron chi connectivity index (χ0n) is 9.50. The maximum absolute atomic E-state index is 5.50. The van der Waals surface area contributed by atoms with E-state index in [0.717, 1.165) is 13.0 Å². The van der Waals surface area contributed by atoms with Crippen molar-refractivity contribution in [2.24, 2.45) is 5.84 Å². The zero-order chi connectivity index (χ0) is 12.1. The van der Waals surface area contributed by atoms with Gasteiger partial charge in [0.2, 0.25) is 5.88 Å². The molecule has 0 aromatic carbocycles. The number of ether oxygens (including phenoxy) is 1. The van der Waals surface area contributed by atoms with Crippen LogP contribution in [0.15, 0.2) is 24.8 Å². The fourth-order valence-electron chi connectivity index (χ4n) is 1.34. The molecule has 2 heterocycles. The maximum Gasteiger partial charge on any atom is 0.240 e. The second kappa shape index (κ2) is 5.26. The molecular formula is C10H14N6O. The Bertz CT molecular complexity index is 483. The highest BCUT2D eigenvalue weighted by Gasteiger charge is 2.03. The molecule has 0 unspecified atom stereocenters. The van der Waals surface area contributed by atoms with Crippen LogP contribution >= 0.6 is 0 Å². The molecule has 17 heavy (non-hydrogen) atoms. The van der Waals surface area contributed by atoms with Crippen molar-refractivity contribution in [3.8, 4) is 11.6 Å². The Balaban J connectivity index is 2.08. The molecule has 3 N–H and O–H groups in total. The Labute approximate surface area is 98.6 Å². The molecular weight excluding hydrogens is 220 g/mol. The van der Waals surface area contributed by atoms with Crippen molar-refractivity contribution in [2.75, 3.05) is 5.43 Å². The summed E-state index contributed by atoms with van der Waals surface area (Å²) in [6.45, 7) is 2.95. The standard InChI is InChI=1S/C10H14N6O/c1-2-3-16-7-8(4-13-16)17-10-6-12-5-9(14-10)15-11/h4-7H,2-3,11H2,1H3,(H,14,15).